The molecule has 0 aromatic carbocycles. The second-order valence-corrected chi connectivity index (χ2v) is 3.54. The molecule has 0 saturated carbocycles. The summed E-state index contributed by atoms with van der Waals surface area (Å²) >= 11 is 0. The first-order valence-corrected chi connectivity index (χ1v) is 5.10. The lowest BCUT2D eigenvalue weighted by Crippen LogP contribution is -2.26. The van der Waals surface area contributed by atoms with Gasteiger partial charge in [0, 0.05) is 12.6 Å². The van der Waals surface area contributed by atoms with Gasteiger partial charge in [0.1, 0.15) is 0 Å². The number of unbranched alkanes of at least 4 members (excludes halogenated alkanes) is 1. The highest BCUT2D eigenvalue weighted by atomic mass is 14.9. The predicted molar refractivity (Wildman–Crippen MR) is 56.4 cm³/mol. The molecule has 0 aliphatic heterocycles. The van der Waals surface area contributed by atoms with Crippen LogP contribution in [0.15, 0.2) is 12.2 Å². The Morgan fingerprint density at radius 3 is 2.58 bits per heavy atom. The van der Waals surface area contributed by atoms with Gasteiger partial charge in [-0.25, -0.2) is 0 Å². The van der Waals surface area contributed by atoms with Crippen molar-refractivity contribution in [2.24, 2.45) is 0 Å². The Kier molecular flexibility index (Phi) is 7.17. The van der Waals surface area contributed by atoms with Crippen molar-refractivity contribution >= 4 is 0 Å². The zero-order chi connectivity index (χ0) is 9.40. The summed E-state index contributed by atoms with van der Waals surface area (Å²) in [5.74, 6) is 0. The van der Waals surface area contributed by atoms with Crippen LogP contribution in [0.5, 0.6) is 0 Å². The topological polar surface area (TPSA) is 12.0 Å². The van der Waals surface area contributed by atoms with E-state index in [1.807, 2.05) is 0 Å². The van der Waals surface area contributed by atoms with Crippen molar-refractivity contribution in [1.29, 1.82) is 0 Å². The average molecular weight is 169 g/mol. The molecule has 1 nitrogen and oxygen atoms in total. The Labute approximate surface area is 77.2 Å². The van der Waals surface area contributed by atoms with Crippen LogP contribution >= 0.6 is 0 Å². The summed E-state index contributed by atoms with van der Waals surface area (Å²) in [6.45, 7) is 11.7. The van der Waals surface area contributed by atoms with Crippen molar-refractivity contribution in [3.8, 4) is 0 Å². The fraction of sp³-hybridized carbons (Fsp3) is 0.818. The molecule has 0 fully saturated rings. The highest BCUT2D eigenvalue weighted by molar-refractivity contribution is 4.96. The normalized spacial score (nSPS) is 12.9. The van der Waals surface area contributed by atoms with Crippen molar-refractivity contribution in [2.75, 3.05) is 6.54 Å². The van der Waals surface area contributed by atoms with E-state index in [9.17, 15) is 0 Å². The largest absolute Gasteiger partial charge is 0.311 e. The molecule has 0 aliphatic carbocycles. The van der Waals surface area contributed by atoms with Gasteiger partial charge in [0.15, 0.2) is 0 Å². The van der Waals surface area contributed by atoms with E-state index in [1.165, 1.54) is 31.3 Å². The van der Waals surface area contributed by atoms with Gasteiger partial charge in [-0.05, 0) is 26.2 Å². The van der Waals surface area contributed by atoms with E-state index in [0.717, 1.165) is 6.54 Å². The van der Waals surface area contributed by atoms with Gasteiger partial charge in [0.25, 0.3) is 0 Å². The Balaban J connectivity index is 3.31. The highest BCUT2D eigenvalue weighted by Crippen LogP contribution is 2.03. The lowest BCUT2D eigenvalue weighted by atomic mass is 10.1. The first-order chi connectivity index (χ1) is 5.70. The average Bonchev–Trinajstić information content (AvgIpc) is 2.10. The van der Waals surface area contributed by atoms with Crippen LogP contribution < -0.4 is 5.32 Å². The fourth-order valence-electron chi connectivity index (χ4n) is 0.978. The molecular formula is C11H23N. The molecule has 0 saturated heterocycles. The van der Waals surface area contributed by atoms with Crippen molar-refractivity contribution in [3.05, 3.63) is 12.2 Å². The molecule has 72 valence electrons. The molecule has 0 radical (unpaired) electrons. The Morgan fingerprint density at radius 1 is 1.42 bits per heavy atom. The van der Waals surface area contributed by atoms with Crippen LogP contribution in [0.3, 0.4) is 0 Å². The molecule has 0 aromatic heterocycles. The Morgan fingerprint density at radius 2 is 2.08 bits per heavy atom. The van der Waals surface area contributed by atoms with Crippen LogP contribution in [-0.2, 0) is 0 Å². The predicted octanol–water partition coefficient (Wildman–Crippen LogP) is 3.12. The minimum atomic E-state index is 0.628. The summed E-state index contributed by atoms with van der Waals surface area (Å²) in [5.41, 5.74) is 1.34. The monoisotopic (exact) mass is 169 g/mol. The third-order valence-electron chi connectivity index (χ3n) is 2.20. The number of hydrogen-bond acceptors (Lipinski definition) is 1. The molecule has 0 amide bonds. The summed E-state index contributed by atoms with van der Waals surface area (Å²) in [6.07, 6.45) is 4.92. The van der Waals surface area contributed by atoms with Crippen molar-refractivity contribution in [3.63, 3.8) is 0 Å². The molecule has 1 atom stereocenters. The molecule has 0 spiro atoms. The van der Waals surface area contributed by atoms with Crippen LogP contribution in [0.1, 0.15) is 46.5 Å². The van der Waals surface area contributed by atoms with E-state index in [1.54, 1.807) is 0 Å². The number of rotatable bonds is 7. The molecule has 1 heteroatoms. The second-order valence-electron chi connectivity index (χ2n) is 3.54. The van der Waals surface area contributed by atoms with Gasteiger partial charge in [-0.1, -0.05) is 32.4 Å². The van der Waals surface area contributed by atoms with Crippen molar-refractivity contribution in [1.82, 2.24) is 5.32 Å². The standard InChI is InChI=1S/C11H23N/c1-5-7-8-10(3)9-12-11(4)6-2/h11-12H,3,5-9H2,1-2,4H3. The zero-order valence-electron chi connectivity index (χ0n) is 8.82. The Bertz CT molecular complexity index is 118. The fourth-order valence-corrected chi connectivity index (χ4v) is 0.978. The second kappa shape index (κ2) is 7.35. The molecule has 1 unspecified atom stereocenters. The molecule has 0 bridgehead atoms. The van der Waals surface area contributed by atoms with Gasteiger partial charge in [-0.2, -0.15) is 0 Å². The molecule has 0 heterocycles. The number of nitrogens with one attached hydrogen (secondary N) is 1. The number of hydrogen-bond donors (Lipinski definition) is 1. The van der Waals surface area contributed by atoms with E-state index in [2.05, 4.69) is 32.7 Å². The van der Waals surface area contributed by atoms with E-state index in [0.29, 0.717) is 6.04 Å². The molecule has 0 rings (SSSR count). The van der Waals surface area contributed by atoms with E-state index in [-0.39, 0.29) is 0 Å². The van der Waals surface area contributed by atoms with E-state index in [4.69, 9.17) is 0 Å². The lowest BCUT2D eigenvalue weighted by Gasteiger charge is -2.12. The maximum absolute atomic E-state index is 4.04. The van der Waals surface area contributed by atoms with Gasteiger partial charge < -0.3 is 5.32 Å². The summed E-state index contributed by atoms with van der Waals surface area (Å²) in [7, 11) is 0. The molecular weight excluding hydrogens is 146 g/mol. The van der Waals surface area contributed by atoms with Crippen molar-refractivity contribution in [2.45, 2.75) is 52.5 Å². The molecule has 0 aliphatic rings. The zero-order valence-corrected chi connectivity index (χ0v) is 8.82. The third kappa shape index (κ3) is 6.41. The first kappa shape index (κ1) is 11.7. The summed E-state index contributed by atoms with van der Waals surface area (Å²) in [6, 6.07) is 0.628. The van der Waals surface area contributed by atoms with E-state index >= 15 is 0 Å². The Hall–Kier alpha value is -0.300. The summed E-state index contributed by atoms with van der Waals surface area (Å²) in [5, 5.41) is 3.44. The quantitative estimate of drug-likeness (QED) is 0.577. The van der Waals surface area contributed by atoms with Crippen LogP contribution in [0.4, 0.5) is 0 Å². The van der Waals surface area contributed by atoms with Gasteiger partial charge in [-0.15, -0.1) is 0 Å². The van der Waals surface area contributed by atoms with Gasteiger partial charge in [0.05, 0.1) is 0 Å². The van der Waals surface area contributed by atoms with Gasteiger partial charge >= 0.3 is 0 Å². The molecule has 1 N–H and O–H groups in total. The third-order valence-corrected chi connectivity index (χ3v) is 2.20. The minimum Gasteiger partial charge on any atom is -0.311 e. The molecule has 12 heavy (non-hydrogen) atoms. The van der Waals surface area contributed by atoms with Crippen LogP contribution in [0.2, 0.25) is 0 Å². The van der Waals surface area contributed by atoms with Gasteiger partial charge in [0.2, 0.25) is 0 Å². The van der Waals surface area contributed by atoms with E-state index < -0.39 is 0 Å². The van der Waals surface area contributed by atoms with Gasteiger partial charge in [-0.3, -0.25) is 0 Å². The summed E-state index contributed by atoms with van der Waals surface area (Å²) < 4.78 is 0. The van der Waals surface area contributed by atoms with Crippen molar-refractivity contribution < 1.29 is 0 Å². The SMILES string of the molecule is C=C(CCCC)CNC(C)CC. The highest BCUT2D eigenvalue weighted by Gasteiger charge is 1.98. The van der Waals surface area contributed by atoms with Crippen LogP contribution in [-0.4, -0.2) is 12.6 Å². The summed E-state index contributed by atoms with van der Waals surface area (Å²) in [4.78, 5) is 0. The first-order valence-electron chi connectivity index (χ1n) is 5.10. The maximum Gasteiger partial charge on any atom is 0.0164 e. The van der Waals surface area contributed by atoms with Crippen LogP contribution in [0.25, 0.3) is 0 Å². The molecule has 0 aromatic rings. The maximum atomic E-state index is 4.04. The van der Waals surface area contributed by atoms with Crippen LogP contribution in [0, 0.1) is 0 Å². The minimum absolute atomic E-state index is 0.628. The lowest BCUT2D eigenvalue weighted by molar-refractivity contribution is 0.552. The smallest absolute Gasteiger partial charge is 0.0164 e.